The molecule has 142 valence electrons. The fourth-order valence-electron chi connectivity index (χ4n) is 3.67. The van der Waals surface area contributed by atoms with Crippen molar-refractivity contribution in [2.45, 2.75) is 32.5 Å². The molecule has 1 saturated heterocycles. The third-order valence-electron chi connectivity index (χ3n) is 4.85. The average molecular weight is 376 g/mol. The van der Waals surface area contributed by atoms with Crippen molar-refractivity contribution >= 4 is 22.9 Å². The first kappa shape index (κ1) is 17.9. The molecule has 0 bridgehead atoms. The van der Waals surface area contributed by atoms with Crippen LogP contribution in [0.4, 0.5) is 11.5 Å². The minimum absolute atomic E-state index is 0.0804. The van der Waals surface area contributed by atoms with Crippen molar-refractivity contribution in [2.24, 2.45) is 0 Å². The molecule has 1 aromatic carbocycles. The largest absolute Gasteiger partial charge is 0.382 e. The SMILES string of the molecule is C[C@H]1CN(c2cccc(-c3cc(C#N)c4c(N)ncnn34)c2)C(=O)C(C)(C)O1. The molecule has 2 N–H and O–H groups in total. The second-order valence-corrected chi connectivity index (χ2v) is 7.37. The van der Waals surface area contributed by atoms with E-state index in [0.29, 0.717) is 23.3 Å². The Morgan fingerprint density at radius 3 is 2.89 bits per heavy atom. The lowest BCUT2D eigenvalue weighted by Crippen LogP contribution is -2.56. The maximum atomic E-state index is 12.9. The number of aromatic nitrogens is 3. The standard InChI is InChI=1S/C20H20N6O2/c1-12-10-25(19(27)20(2,3)28-12)15-6-4-5-13(7-15)16-8-14(9-21)17-18(22)23-11-24-26(16)17/h4-8,11-12H,10H2,1-3H3,(H2,22,23,24)/t12-/m0/s1. The van der Waals surface area contributed by atoms with E-state index in [0.717, 1.165) is 11.3 Å². The zero-order chi connectivity index (χ0) is 20.1. The van der Waals surface area contributed by atoms with Crippen LogP contribution in [0.3, 0.4) is 0 Å². The van der Waals surface area contributed by atoms with Crippen molar-refractivity contribution in [3.05, 3.63) is 42.2 Å². The molecule has 1 amide bonds. The first-order chi connectivity index (χ1) is 13.3. The fourth-order valence-corrected chi connectivity index (χ4v) is 3.67. The van der Waals surface area contributed by atoms with E-state index >= 15 is 0 Å². The van der Waals surface area contributed by atoms with Crippen molar-refractivity contribution in [3.8, 4) is 17.3 Å². The Balaban J connectivity index is 1.83. The molecule has 1 aliphatic heterocycles. The average Bonchev–Trinajstić information content (AvgIpc) is 3.04. The summed E-state index contributed by atoms with van der Waals surface area (Å²) in [6.45, 7) is 5.98. The molecule has 2 aromatic heterocycles. The number of ether oxygens (including phenoxy) is 1. The summed E-state index contributed by atoms with van der Waals surface area (Å²) in [5.74, 6) is 0.153. The van der Waals surface area contributed by atoms with Gasteiger partial charge in [-0.2, -0.15) is 10.4 Å². The van der Waals surface area contributed by atoms with Gasteiger partial charge in [-0.15, -0.1) is 0 Å². The van der Waals surface area contributed by atoms with Crippen LogP contribution in [0.1, 0.15) is 26.3 Å². The molecule has 4 rings (SSSR count). The quantitative estimate of drug-likeness (QED) is 0.735. The van der Waals surface area contributed by atoms with Gasteiger partial charge >= 0.3 is 0 Å². The Labute approximate surface area is 162 Å². The number of nitrogens with two attached hydrogens (primary N) is 1. The predicted octanol–water partition coefficient (Wildman–Crippen LogP) is 2.38. The summed E-state index contributed by atoms with van der Waals surface area (Å²) in [6, 6.07) is 11.5. The van der Waals surface area contributed by atoms with Gasteiger partial charge in [-0.1, -0.05) is 12.1 Å². The first-order valence-electron chi connectivity index (χ1n) is 8.94. The third kappa shape index (κ3) is 2.77. The number of rotatable bonds is 2. The number of benzene rings is 1. The van der Waals surface area contributed by atoms with Crippen molar-refractivity contribution < 1.29 is 9.53 Å². The van der Waals surface area contributed by atoms with Crippen LogP contribution in [0.2, 0.25) is 0 Å². The van der Waals surface area contributed by atoms with Crippen LogP contribution in [-0.4, -0.2) is 38.8 Å². The van der Waals surface area contributed by atoms with Gasteiger partial charge in [0.05, 0.1) is 23.9 Å². The Morgan fingerprint density at radius 2 is 2.14 bits per heavy atom. The fraction of sp³-hybridized carbons (Fsp3) is 0.300. The van der Waals surface area contributed by atoms with Crippen LogP contribution < -0.4 is 10.6 Å². The maximum Gasteiger partial charge on any atom is 0.258 e. The van der Waals surface area contributed by atoms with Gasteiger partial charge in [0.1, 0.15) is 23.5 Å². The maximum absolute atomic E-state index is 12.9. The second-order valence-electron chi connectivity index (χ2n) is 7.37. The zero-order valence-electron chi connectivity index (χ0n) is 15.9. The van der Waals surface area contributed by atoms with E-state index in [1.807, 2.05) is 31.2 Å². The minimum atomic E-state index is -0.884. The molecule has 8 heteroatoms. The monoisotopic (exact) mass is 376 g/mol. The minimum Gasteiger partial charge on any atom is -0.382 e. The molecule has 1 fully saturated rings. The lowest BCUT2D eigenvalue weighted by molar-refractivity contribution is -0.153. The molecular formula is C20H20N6O2. The molecule has 3 aromatic rings. The van der Waals surface area contributed by atoms with Gasteiger partial charge in [0.25, 0.3) is 5.91 Å². The summed E-state index contributed by atoms with van der Waals surface area (Å²) >= 11 is 0. The zero-order valence-corrected chi connectivity index (χ0v) is 15.9. The van der Waals surface area contributed by atoms with Gasteiger partial charge in [-0.3, -0.25) is 4.79 Å². The number of anilines is 2. The van der Waals surface area contributed by atoms with Crippen LogP contribution >= 0.6 is 0 Å². The van der Waals surface area contributed by atoms with Gasteiger partial charge < -0.3 is 15.4 Å². The third-order valence-corrected chi connectivity index (χ3v) is 4.85. The van der Waals surface area contributed by atoms with Gasteiger partial charge in [0.15, 0.2) is 5.82 Å². The molecular weight excluding hydrogens is 356 g/mol. The molecule has 0 aliphatic carbocycles. The number of fused-ring (bicyclic) bond motifs is 1. The summed E-state index contributed by atoms with van der Waals surface area (Å²) in [7, 11) is 0. The summed E-state index contributed by atoms with van der Waals surface area (Å²) in [5.41, 5.74) is 8.22. The summed E-state index contributed by atoms with van der Waals surface area (Å²) in [4.78, 5) is 18.6. The number of hydrogen-bond acceptors (Lipinski definition) is 6. The molecule has 1 aliphatic rings. The highest BCUT2D eigenvalue weighted by Crippen LogP contribution is 2.32. The topological polar surface area (TPSA) is 110 Å². The molecule has 0 radical (unpaired) electrons. The number of amides is 1. The van der Waals surface area contributed by atoms with E-state index in [-0.39, 0.29) is 17.8 Å². The first-order valence-corrected chi connectivity index (χ1v) is 8.94. The number of carbonyl (C=O) groups is 1. The normalized spacial score (nSPS) is 19.0. The van der Waals surface area contributed by atoms with Crippen LogP contribution in [0, 0.1) is 11.3 Å². The molecule has 3 heterocycles. The predicted molar refractivity (Wildman–Crippen MR) is 105 cm³/mol. The van der Waals surface area contributed by atoms with E-state index in [9.17, 15) is 10.1 Å². The lowest BCUT2D eigenvalue weighted by atomic mass is 10.0. The number of nitrogens with zero attached hydrogens (tertiary/aromatic N) is 5. The van der Waals surface area contributed by atoms with Crippen LogP contribution in [-0.2, 0) is 9.53 Å². The number of hydrogen-bond donors (Lipinski definition) is 1. The molecule has 28 heavy (non-hydrogen) atoms. The molecule has 0 spiro atoms. The van der Waals surface area contributed by atoms with E-state index in [4.69, 9.17) is 10.5 Å². The Bertz CT molecular complexity index is 1130. The highest BCUT2D eigenvalue weighted by Gasteiger charge is 2.40. The number of nitrogen functional groups attached to an aromatic ring is 1. The number of carbonyl (C=O) groups excluding carboxylic acids is 1. The highest BCUT2D eigenvalue weighted by molar-refractivity contribution is 6.00. The van der Waals surface area contributed by atoms with E-state index in [1.165, 1.54) is 6.33 Å². The highest BCUT2D eigenvalue weighted by atomic mass is 16.5. The number of nitriles is 1. The summed E-state index contributed by atoms with van der Waals surface area (Å²) < 4.78 is 7.38. The van der Waals surface area contributed by atoms with E-state index < -0.39 is 5.60 Å². The molecule has 8 nitrogen and oxygen atoms in total. The van der Waals surface area contributed by atoms with Crippen molar-refractivity contribution in [3.63, 3.8) is 0 Å². The Hall–Kier alpha value is -3.44. The van der Waals surface area contributed by atoms with E-state index in [1.54, 1.807) is 29.3 Å². The Morgan fingerprint density at radius 1 is 1.36 bits per heavy atom. The van der Waals surface area contributed by atoms with Crippen LogP contribution in [0.25, 0.3) is 16.8 Å². The molecule has 0 unspecified atom stereocenters. The van der Waals surface area contributed by atoms with Gasteiger partial charge in [0, 0.05) is 11.3 Å². The summed E-state index contributed by atoms with van der Waals surface area (Å²) in [5, 5.41) is 13.7. The second kappa shape index (κ2) is 6.32. The van der Waals surface area contributed by atoms with Gasteiger partial charge in [-0.25, -0.2) is 9.50 Å². The van der Waals surface area contributed by atoms with Gasteiger partial charge in [-0.05, 0) is 39.0 Å². The molecule has 1 atom stereocenters. The summed E-state index contributed by atoms with van der Waals surface area (Å²) in [6.07, 6.45) is 1.27. The van der Waals surface area contributed by atoms with Crippen molar-refractivity contribution in [1.29, 1.82) is 5.26 Å². The van der Waals surface area contributed by atoms with Crippen LogP contribution in [0.15, 0.2) is 36.7 Å². The Kier molecular flexibility index (Phi) is 4.05. The van der Waals surface area contributed by atoms with Crippen molar-refractivity contribution in [1.82, 2.24) is 14.6 Å². The van der Waals surface area contributed by atoms with Gasteiger partial charge in [0.2, 0.25) is 0 Å². The van der Waals surface area contributed by atoms with Crippen LogP contribution in [0.5, 0.6) is 0 Å². The van der Waals surface area contributed by atoms with Crippen molar-refractivity contribution in [2.75, 3.05) is 17.2 Å². The lowest BCUT2D eigenvalue weighted by Gasteiger charge is -2.40. The molecule has 0 saturated carbocycles. The van der Waals surface area contributed by atoms with E-state index in [2.05, 4.69) is 16.2 Å². The smallest absolute Gasteiger partial charge is 0.258 e. The number of morpholine rings is 1.